The number of H-pyrrole nitrogens is 4. The Balaban J connectivity index is 0.000000170. The molecule has 0 saturated carbocycles. The molecule has 31 nitrogen and oxygen atoms in total. The zero-order chi connectivity index (χ0) is 85.5. The second-order valence-corrected chi connectivity index (χ2v) is 28.4. The van der Waals surface area contributed by atoms with E-state index in [1.807, 2.05) is 16.0 Å². The maximum absolute atomic E-state index is 14.6. The Morgan fingerprint density at radius 3 is 1.10 bits per heavy atom. The summed E-state index contributed by atoms with van der Waals surface area (Å²) >= 11 is 24.1. The van der Waals surface area contributed by atoms with Crippen LogP contribution in [0.1, 0.15) is 10.7 Å². The zero-order valence-electron chi connectivity index (χ0n) is 61.3. The van der Waals surface area contributed by atoms with E-state index >= 15 is 0 Å². The van der Waals surface area contributed by atoms with Gasteiger partial charge >= 0.3 is 24.7 Å². The van der Waals surface area contributed by atoms with Crippen LogP contribution < -0.4 is 51.5 Å². The molecule has 12 aromatic heterocycles. The Labute approximate surface area is 690 Å². The Bertz CT molecular complexity index is 5570. The molecule has 4 aliphatic rings. The summed E-state index contributed by atoms with van der Waals surface area (Å²) in [5, 5.41) is 17.9. The molecule has 16 rings (SSSR count). The van der Waals surface area contributed by atoms with E-state index in [2.05, 4.69) is 90.4 Å². The van der Waals surface area contributed by atoms with Crippen molar-refractivity contribution in [1.82, 2.24) is 112 Å². The van der Waals surface area contributed by atoms with Crippen LogP contribution in [0.25, 0.3) is 89.7 Å². The van der Waals surface area contributed by atoms with E-state index in [1.165, 1.54) is 40.8 Å². The quantitative estimate of drug-likeness (QED) is 0.0402. The first-order chi connectivity index (χ1) is 57.1. The lowest BCUT2D eigenvalue weighted by Crippen LogP contribution is -2.59. The van der Waals surface area contributed by atoms with E-state index in [0.717, 1.165) is 23.2 Å². The number of anilines is 4. The van der Waals surface area contributed by atoms with Gasteiger partial charge in [-0.1, -0.05) is 46.4 Å². The summed E-state index contributed by atoms with van der Waals surface area (Å²) in [5.41, 5.74) is 4.67. The average molecular weight is 1770 g/mol. The number of aromatic amines is 4. The standard InChI is InChI=1S/C18H16ClF4N7O.C18H15ClF4N6O2.C18H17ClF3N7O.C17H14ClF3N6O.3H2/c19-9-3-10-11(5-26-14(10)25-4-9)15-27-6-12(20)16(29-15)30-2-1-24-7-13(30)17(31)28-8-18(21,22)23;19-9-3-10-11(5-25-14(10)24-4-9)15-26-6-12(20)16(28-15)29-1-2-31-7-13(29)17(30)27-8-18(21,22)23;19-10-5-11-12(7-26-15(11)25-6-10)16-24-2-1-14(28-16)29-4-3-23-8-13(29)17(30)27-9-18(20,21)22;18-9-5-10-11(7-24-14(10)23-6-9)15-22-3-1-13(26-15)27-4-2-12(27)16(28)25-8-17(19,20)21;;;/h3-6,13,24H,1-2,7-8H2,(H,25,26)(H,28,31);3-6,13H,1-2,7-8H2,(H,24,25)(H,27,30);1-2,5-7,13,23H,3-4,8-9H2,(H,25,26)(H,27,30);1,3,5-7,12H,2,4,8H2,(H,23,24)(H,25,28);3*1H/t13-;;13-;12-;;;/m0.00.../s1. The molecular weight excluding hydrogens is 1700 g/mol. The molecule has 49 heteroatoms. The van der Waals surface area contributed by atoms with Crippen molar-refractivity contribution >= 4 is 137 Å². The summed E-state index contributed by atoms with van der Waals surface area (Å²) in [5.74, 6) is -3.26. The minimum atomic E-state index is -4.58. The molecule has 4 aliphatic heterocycles. The van der Waals surface area contributed by atoms with Crippen LogP contribution in [0, 0.1) is 11.6 Å². The van der Waals surface area contributed by atoms with Crippen molar-refractivity contribution in [2.45, 2.75) is 55.3 Å². The molecule has 16 heterocycles. The highest BCUT2D eigenvalue weighted by Gasteiger charge is 2.41. The normalized spacial score (nSPS) is 17.1. The summed E-state index contributed by atoms with van der Waals surface area (Å²) in [4.78, 5) is 118. The molecule has 0 radical (unpaired) electrons. The molecule has 0 bridgehead atoms. The number of morpholine rings is 1. The van der Waals surface area contributed by atoms with Crippen LogP contribution in [0.5, 0.6) is 0 Å². The maximum atomic E-state index is 14.6. The molecule has 0 aromatic carbocycles. The van der Waals surface area contributed by atoms with E-state index in [4.69, 9.17) is 51.1 Å². The molecule has 4 amide bonds. The van der Waals surface area contributed by atoms with Gasteiger partial charge in [-0.2, -0.15) is 52.7 Å². The monoisotopic (exact) mass is 1770 g/mol. The molecule has 4 saturated heterocycles. The first-order valence-corrected chi connectivity index (χ1v) is 37.3. The molecule has 638 valence electrons. The van der Waals surface area contributed by atoms with Gasteiger partial charge in [-0.25, -0.2) is 68.6 Å². The molecule has 0 spiro atoms. The Morgan fingerprint density at radius 1 is 0.417 bits per heavy atom. The van der Waals surface area contributed by atoms with Crippen LogP contribution >= 0.6 is 46.4 Å². The summed E-state index contributed by atoms with van der Waals surface area (Å²) in [7, 11) is 0. The van der Waals surface area contributed by atoms with Crippen LogP contribution in [0.4, 0.5) is 84.7 Å². The lowest BCUT2D eigenvalue weighted by Gasteiger charge is -2.40. The van der Waals surface area contributed by atoms with E-state index in [1.54, 1.807) is 82.5 Å². The fraction of sp³-hybridized carbons (Fsp3) is 0.324. The van der Waals surface area contributed by atoms with E-state index in [0.29, 0.717) is 132 Å². The van der Waals surface area contributed by atoms with Gasteiger partial charge in [0.1, 0.15) is 84.6 Å². The number of nitrogens with one attached hydrogen (secondary N) is 10. The van der Waals surface area contributed by atoms with Crippen molar-refractivity contribution in [3.63, 3.8) is 0 Å². The number of amides is 4. The number of fused-ring (bicyclic) bond motifs is 4. The highest BCUT2D eigenvalue weighted by molar-refractivity contribution is 6.32. The summed E-state index contributed by atoms with van der Waals surface area (Å²) in [6.07, 6.45) is -0.0722. The lowest BCUT2D eigenvalue weighted by atomic mass is 10.0. The van der Waals surface area contributed by atoms with Crippen molar-refractivity contribution in [2.75, 3.05) is 111 Å². The van der Waals surface area contributed by atoms with Gasteiger partial charge in [0.15, 0.2) is 46.6 Å². The van der Waals surface area contributed by atoms with Crippen LogP contribution in [0.3, 0.4) is 0 Å². The van der Waals surface area contributed by atoms with Gasteiger partial charge in [-0.3, -0.25) is 19.2 Å². The molecule has 4 atom stereocenters. The molecule has 10 N–H and O–H groups in total. The number of rotatable bonds is 16. The second kappa shape index (κ2) is 36.4. The first-order valence-electron chi connectivity index (χ1n) is 35.8. The number of piperazine rings is 2. The van der Waals surface area contributed by atoms with E-state index < -0.39 is 110 Å². The molecule has 1 unspecified atom stereocenters. The first kappa shape index (κ1) is 86.1. The molecule has 4 fully saturated rings. The largest absolute Gasteiger partial charge is 0.405 e. The van der Waals surface area contributed by atoms with Gasteiger partial charge in [0.05, 0.1) is 45.7 Å². The minimum Gasteiger partial charge on any atom is -0.377 e. The second-order valence-electron chi connectivity index (χ2n) is 26.7. The molecule has 0 aliphatic carbocycles. The summed E-state index contributed by atoms with van der Waals surface area (Å²) in [6, 6.07) is 6.23. The molecule has 12 aromatic rings. The van der Waals surface area contributed by atoms with Crippen LogP contribution in [-0.4, -0.2) is 244 Å². The number of halogens is 18. The van der Waals surface area contributed by atoms with Crippen molar-refractivity contribution in [2.24, 2.45) is 0 Å². The third-order valence-corrected chi connectivity index (χ3v) is 19.3. The average Bonchev–Trinajstić information content (AvgIpc) is 1.74. The van der Waals surface area contributed by atoms with Crippen molar-refractivity contribution in [3.8, 4) is 45.6 Å². The lowest BCUT2D eigenvalue weighted by molar-refractivity contribution is -0.140. The van der Waals surface area contributed by atoms with E-state index in [9.17, 15) is 80.6 Å². The van der Waals surface area contributed by atoms with Crippen molar-refractivity contribution < 1.29 is 89.7 Å². The maximum Gasteiger partial charge on any atom is 0.405 e. The number of ether oxygens (including phenoxy) is 1. The topological polar surface area (TPSA) is 380 Å². The smallest absolute Gasteiger partial charge is 0.377 e. The summed E-state index contributed by atoms with van der Waals surface area (Å²) < 4.78 is 184. The number of nitrogens with zero attached hydrogens (tertiary/aromatic N) is 16. The minimum absolute atomic E-state index is 0. The van der Waals surface area contributed by atoms with Gasteiger partial charge in [-0.05, 0) is 42.8 Å². The fourth-order valence-electron chi connectivity index (χ4n) is 12.9. The Morgan fingerprint density at radius 2 is 0.742 bits per heavy atom. The Kier molecular flexibility index (Phi) is 26.1. The third-order valence-electron chi connectivity index (χ3n) is 18.5. The van der Waals surface area contributed by atoms with Crippen LogP contribution in [0.15, 0.2) is 111 Å². The van der Waals surface area contributed by atoms with Gasteiger partial charge < -0.3 is 76.2 Å². The van der Waals surface area contributed by atoms with Gasteiger partial charge in [0, 0.05) is 162 Å². The molecular formula is C71H68Cl4F14N26O5. The predicted molar refractivity (Wildman–Crippen MR) is 417 cm³/mol. The summed E-state index contributed by atoms with van der Waals surface area (Å²) in [6.45, 7) is -3.44. The number of carbonyl (C=O) groups is 4. The SMILES string of the molecule is O=C(NCC(F)(F)F)C1COCCN1c1nc(-c2c[nH]c3ncc(Cl)cc23)ncc1F.O=C(NCC(F)(F)F)[C@@H]1CCN1c1ccnc(-c2c[nH]c3ncc(Cl)cc23)n1.O=C(NCC(F)(F)F)[C@@H]1CNCCN1c1ccnc(-c2c[nH]c3ncc(Cl)cc23)n1.O=C(NCC(F)(F)F)[C@@H]1CNCCN1c1nc(-c2c[nH]c3ncc(Cl)cc23)ncc1F.[HH].[HH].[HH]. The highest BCUT2D eigenvalue weighted by Crippen LogP contribution is 2.36. The number of hydrogen-bond acceptors (Lipinski definition) is 23. The predicted octanol–water partition coefficient (Wildman–Crippen LogP) is 10.8. The number of carbonyl (C=O) groups excluding carboxylic acids is 4. The number of pyridine rings is 4. The zero-order valence-corrected chi connectivity index (χ0v) is 64.3. The van der Waals surface area contributed by atoms with Gasteiger partial charge in [-0.15, -0.1) is 0 Å². The highest BCUT2D eigenvalue weighted by atomic mass is 35.5. The van der Waals surface area contributed by atoms with Crippen molar-refractivity contribution in [1.29, 1.82) is 0 Å². The van der Waals surface area contributed by atoms with Gasteiger partial charge in [0.2, 0.25) is 23.6 Å². The number of aromatic nitrogens is 16. The third kappa shape index (κ3) is 21.1. The Hall–Kier alpha value is -11.8. The number of alkyl halides is 12. The molecule has 120 heavy (non-hydrogen) atoms. The van der Waals surface area contributed by atoms with E-state index in [-0.39, 0.29) is 67.0 Å². The number of hydrogen-bond donors (Lipinski definition) is 10. The van der Waals surface area contributed by atoms with Crippen molar-refractivity contribution in [3.05, 3.63) is 142 Å². The van der Waals surface area contributed by atoms with Gasteiger partial charge in [0.25, 0.3) is 0 Å². The van der Waals surface area contributed by atoms with Crippen LogP contribution in [-0.2, 0) is 23.9 Å². The van der Waals surface area contributed by atoms with Crippen LogP contribution in [0.2, 0.25) is 20.1 Å². The fourth-order valence-corrected chi connectivity index (χ4v) is 13.6.